The zero-order valence-electron chi connectivity index (χ0n) is 17.4. The van der Waals surface area contributed by atoms with Crippen LogP contribution in [0.2, 0.25) is 0 Å². The minimum absolute atomic E-state index is 0.883. The van der Waals surface area contributed by atoms with Crippen molar-refractivity contribution in [3.05, 3.63) is 54.0 Å². The summed E-state index contributed by atoms with van der Waals surface area (Å²) in [5, 5.41) is 8.11. The summed E-state index contributed by atoms with van der Waals surface area (Å²) in [5.74, 6) is 0.883. The van der Waals surface area contributed by atoms with Crippen LogP contribution >= 0.6 is 11.3 Å². The number of pyridine rings is 1. The van der Waals surface area contributed by atoms with Crippen LogP contribution in [0.5, 0.6) is 5.75 Å². The molecule has 2 aromatic carbocycles. The van der Waals surface area contributed by atoms with Gasteiger partial charge >= 0.3 is 0 Å². The number of aromatic nitrogens is 1. The second-order valence-corrected chi connectivity index (χ2v) is 8.85. The molecule has 0 atom stereocenters. The molecule has 0 aliphatic carbocycles. The predicted octanol–water partition coefficient (Wildman–Crippen LogP) is 6.02. The average molecular weight is 418 g/mol. The number of fused-ring (bicyclic) bond motifs is 3. The van der Waals surface area contributed by atoms with Gasteiger partial charge in [-0.25, -0.2) is 0 Å². The lowest BCUT2D eigenvalue weighted by Gasteiger charge is -2.26. The maximum Gasteiger partial charge on any atom is 0.127 e. The number of hydrogen-bond donors (Lipinski definition) is 1. The minimum Gasteiger partial charge on any atom is -0.496 e. The van der Waals surface area contributed by atoms with Crippen LogP contribution in [-0.2, 0) is 0 Å². The monoisotopic (exact) mass is 417 g/mol. The molecule has 1 saturated heterocycles. The van der Waals surface area contributed by atoms with Gasteiger partial charge in [0.25, 0.3) is 0 Å². The van der Waals surface area contributed by atoms with Crippen LogP contribution in [0.3, 0.4) is 0 Å². The molecule has 1 fully saturated rings. The summed E-state index contributed by atoms with van der Waals surface area (Å²) < 4.78 is 6.95. The van der Waals surface area contributed by atoms with Crippen LogP contribution < -0.4 is 10.1 Å². The van der Waals surface area contributed by atoms with Crippen molar-refractivity contribution in [3.8, 4) is 16.9 Å². The van der Waals surface area contributed by atoms with Crippen LogP contribution in [0.25, 0.3) is 32.1 Å². The predicted molar refractivity (Wildman–Crippen MR) is 128 cm³/mol. The number of thiophene rings is 1. The van der Waals surface area contributed by atoms with E-state index < -0.39 is 0 Å². The topological polar surface area (TPSA) is 37.4 Å². The summed E-state index contributed by atoms with van der Waals surface area (Å²) in [4.78, 5) is 7.24. The van der Waals surface area contributed by atoms with Crippen molar-refractivity contribution in [2.45, 2.75) is 19.3 Å². The molecule has 154 valence electrons. The van der Waals surface area contributed by atoms with Crippen LogP contribution in [0.4, 0.5) is 5.69 Å². The zero-order valence-corrected chi connectivity index (χ0v) is 18.2. The number of rotatable bonds is 6. The Labute approximate surface area is 181 Å². The number of likely N-dealkylation sites (tertiary alicyclic amines) is 1. The lowest BCUT2D eigenvalue weighted by molar-refractivity contribution is 0.237. The van der Waals surface area contributed by atoms with Gasteiger partial charge in [0.2, 0.25) is 0 Å². The number of hydrogen-bond acceptors (Lipinski definition) is 5. The van der Waals surface area contributed by atoms with Gasteiger partial charge in [-0.1, -0.05) is 18.6 Å². The highest BCUT2D eigenvalue weighted by Crippen LogP contribution is 2.41. The number of methoxy groups -OCH3 is 1. The number of nitrogens with one attached hydrogen (secondary N) is 1. The van der Waals surface area contributed by atoms with E-state index in [4.69, 9.17) is 4.74 Å². The molecule has 5 rings (SSSR count). The fourth-order valence-corrected chi connectivity index (χ4v) is 5.22. The SMILES string of the molecule is COc1ccc2ncc3sccc3c2c1-c1ccc(NCCN2CCCCC2)cc1. The molecule has 1 N–H and O–H groups in total. The molecule has 4 nitrogen and oxygen atoms in total. The molecule has 1 aliphatic heterocycles. The Bertz CT molecular complexity index is 1150. The van der Waals surface area contributed by atoms with Gasteiger partial charge < -0.3 is 15.0 Å². The first-order valence-corrected chi connectivity index (χ1v) is 11.6. The van der Waals surface area contributed by atoms with E-state index in [0.29, 0.717) is 0 Å². The lowest BCUT2D eigenvalue weighted by Crippen LogP contribution is -2.33. The second kappa shape index (κ2) is 8.62. The first kappa shape index (κ1) is 19.3. The highest BCUT2D eigenvalue weighted by Gasteiger charge is 2.15. The first-order chi connectivity index (χ1) is 14.8. The van der Waals surface area contributed by atoms with E-state index in [2.05, 4.69) is 50.9 Å². The number of anilines is 1. The molecular formula is C25H27N3OS. The second-order valence-electron chi connectivity index (χ2n) is 7.90. The number of ether oxygens (including phenoxy) is 1. The summed E-state index contributed by atoms with van der Waals surface area (Å²) in [5.41, 5.74) is 4.43. The average Bonchev–Trinajstić information content (AvgIpc) is 3.29. The van der Waals surface area contributed by atoms with Gasteiger partial charge in [0, 0.05) is 41.3 Å². The third-order valence-corrected chi connectivity index (χ3v) is 6.88. The summed E-state index contributed by atoms with van der Waals surface area (Å²) in [7, 11) is 1.74. The fraction of sp³-hybridized carbons (Fsp3) is 0.320. The molecule has 0 amide bonds. The Morgan fingerprint density at radius 1 is 1.03 bits per heavy atom. The van der Waals surface area contributed by atoms with Crippen molar-refractivity contribution in [1.82, 2.24) is 9.88 Å². The van der Waals surface area contributed by atoms with Crippen LogP contribution in [-0.4, -0.2) is 43.2 Å². The molecule has 4 aromatic rings. The quantitative estimate of drug-likeness (QED) is 0.416. The van der Waals surface area contributed by atoms with Gasteiger partial charge in [-0.15, -0.1) is 11.3 Å². The van der Waals surface area contributed by atoms with Crippen LogP contribution in [0, 0.1) is 0 Å². The number of nitrogens with zero attached hydrogens (tertiary/aromatic N) is 2. The molecule has 3 heterocycles. The maximum absolute atomic E-state index is 5.75. The van der Waals surface area contributed by atoms with Crippen molar-refractivity contribution in [1.29, 1.82) is 0 Å². The van der Waals surface area contributed by atoms with Gasteiger partial charge in [0.15, 0.2) is 0 Å². The summed E-state index contributed by atoms with van der Waals surface area (Å²) in [6, 6.07) is 15.0. The Hall–Kier alpha value is -2.63. The highest BCUT2D eigenvalue weighted by molar-refractivity contribution is 7.17. The van der Waals surface area contributed by atoms with E-state index in [9.17, 15) is 0 Å². The molecule has 1 aliphatic rings. The van der Waals surface area contributed by atoms with Crippen molar-refractivity contribution in [2.75, 3.05) is 38.6 Å². The molecule has 0 radical (unpaired) electrons. The number of piperidine rings is 1. The molecule has 2 aromatic heterocycles. The standard InChI is InChI=1S/C25H27N3OS/c1-29-22-10-9-21-25(20-11-16-30-23(20)17-27-21)24(22)18-5-7-19(8-6-18)26-12-15-28-13-3-2-4-14-28/h5-11,16-17,26H,2-4,12-15H2,1H3. The van der Waals surface area contributed by atoms with Crippen molar-refractivity contribution < 1.29 is 4.74 Å². The van der Waals surface area contributed by atoms with E-state index in [1.54, 1.807) is 18.4 Å². The summed E-state index contributed by atoms with van der Waals surface area (Å²) in [6.07, 6.45) is 6.03. The van der Waals surface area contributed by atoms with Gasteiger partial charge in [-0.2, -0.15) is 0 Å². The van der Waals surface area contributed by atoms with E-state index >= 15 is 0 Å². The zero-order chi connectivity index (χ0) is 20.3. The normalized spacial score (nSPS) is 15.0. The van der Waals surface area contributed by atoms with Gasteiger partial charge in [-0.05, 0) is 67.2 Å². The largest absolute Gasteiger partial charge is 0.496 e. The fourth-order valence-electron chi connectivity index (χ4n) is 4.46. The van der Waals surface area contributed by atoms with Crippen LogP contribution in [0.1, 0.15) is 19.3 Å². The lowest BCUT2D eigenvalue weighted by atomic mass is 9.97. The van der Waals surface area contributed by atoms with Crippen molar-refractivity contribution >= 4 is 38.0 Å². The highest BCUT2D eigenvalue weighted by atomic mass is 32.1. The third kappa shape index (κ3) is 3.75. The summed E-state index contributed by atoms with van der Waals surface area (Å²) in [6.45, 7) is 4.58. The van der Waals surface area contributed by atoms with E-state index in [0.717, 1.165) is 41.2 Å². The molecule has 0 spiro atoms. The molecule has 0 unspecified atom stereocenters. The van der Waals surface area contributed by atoms with Crippen molar-refractivity contribution in [3.63, 3.8) is 0 Å². The molecule has 0 bridgehead atoms. The Kier molecular flexibility index (Phi) is 5.56. The Morgan fingerprint density at radius 3 is 2.67 bits per heavy atom. The maximum atomic E-state index is 5.75. The van der Waals surface area contributed by atoms with Crippen molar-refractivity contribution in [2.24, 2.45) is 0 Å². The summed E-state index contributed by atoms with van der Waals surface area (Å²) >= 11 is 1.73. The van der Waals surface area contributed by atoms with Gasteiger partial charge in [0.05, 0.1) is 17.3 Å². The molecule has 5 heteroatoms. The molecular weight excluding hydrogens is 390 g/mol. The first-order valence-electron chi connectivity index (χ1n) is 10.7. The van der Waals surface area contributed by atoms with E-state index in [1.807, 2.05) is 18.3 Å². The Balaban J connectivity index is 1.43. The molecule has 30 heavy (non-hydrogen) atoms. The van der Waals surface area contributed by atoms with Crippen LogP contribution in [0.15, 0.2) is 54.0 Å². The smallest absolute Gasteiger partial charge is 0.127 e. The third-order valence-electron chi connectivity index (χ3n) is 6.03. The molecule has 0 saturated carbocycles. The van der Waals surface area contributed by atoms with E-state index in [-0.39, 0.29) is 0 Å². The van der Waals surface area contributed by atoms with E-state index in [1.165, 1.54) is 47.8 Å². The number of benzene rings is 2. The van der Waals surface area contributed by atoms with Gasteiger partial charge in [-0.3, -0.25) is 4.98 Å². The minimum atomic E-state index is 0.883. The Morgan fingerprint density at radius 2 is 1.87 bits per heavy atom. The van der Waals surface area contributed by atoms with Gasteiger partial charge in [0.1, 0.15) is 5.75 Å².